The molecule has 2 aromatic rings. The lowest BCUT2D eigenvalue weighted by molar-refractivity contribution is -0.118. The van der Waals surface area contributed by atoms with Crippen LogP contribution in [0.3, 0.4) is 0 Å². The topological polar surface area (TPSA) is 46.3 Å². The van der Waals surface area contributed by atoms with E-state index in [0.29, 0.717) is 13.0 Å². The highest BCUT2D eigenvalue weighted by Crippen LogP contribution is 2.27. The SMILES string of the molecule is NC1Cc2ccccc2N(C(=O)CCc2ccccc2)C1. The number of benzene rings is 2. The molecule has 1 unspecified atom stereocenters. The van der Waals surface area contributed by atoms with Gasteiger partial charge in [0.15, 0.2) is 0 Å². The predicted molar refractivity (Wildman–Crippen MR) is 85.2 cm³/mol. The molecule has 3 rings (SSSR count). The number of nitrogens with two attached hydrogens (primary N) is 1. The van der Waals surface area contributed by atoms with Crippen molar-refractivity contribution in [3.63, 3.8) is 0 Å². The number of carbonyl (C=O) groups is 1. The Kier molecular flexibility index (Phi) is 4.02. The third-order valence-electron chi connectivity index (χ3n) is 3.95. The minimum Gasteiger partial charge on any atom is -0.326 e. The van der Waals surface area contributed by atoms with Gasteiger partial charge in [-0.05, 0) is 30.0 Å². The zero-order chi connectivity index (χ0) is 14.7. The smallest absolute Gasteiger partial charge is 0.227 e. The predicted octanol–water partition coefficient (Wildman–Crippen LogP) is 2.54. The molecule has 0 aromatic heterocycles. The second kappa shape index (κ2) is 6.10. The summed E-state index contributed by atoms with van der Waals surface area (Å²) >= 11 is 0. The summed E-state index contributed by atoms with van der Waals surface area (Å²) in [5.41, 5.74) is 9.48. The lowest BCUT2D eigenvalue weighted by Gasteiger charge is -2.33. The minimum atomic E-state index is 0.0283. The monoisotopic (exact) mass is 280 g/mol. The molecule has 1 amide bonds. The molecule has 3 heteroatoms. The zero-order valence-electron chi connectivity index (χ0n) is 12.0. The van der Waals surface area contributed by atoms with Gasteiger partial charge in [0.25, 0.3) is 0 Å². The summed E-state index contributed by atoms with van der Waals surface area (Å²) in [6, 6.07) is 18.2. The number of amides is 1. The normalized spacial score (nSPS) is 17.4. The van der Waals surface area contributed by atoms with Crippen molar-refractivity contribution in [2.24, 2.45) is 5.73 Å². The van der Waals surface area contributed by atoms with Crippen LogP contribution in [-0.2, 0) is 17.6 Å². The highest BCUT2D eigenvalue weighted by Gasteiger charge is 2.25. The Bertz CT molecular complexity index is 624. The minimum absolute atomic E-state index is 0.0283. The van der Waals surface area contributed by atoms with Gasteiger partial charge in [-0.1, -0.05) is 48.5 Å². The van der Waals surface area contributed by atoms with E-state index in [0.717, 1.165) is 18.5 Å². The molecule has 0 saturated heterocycles. The van der Waals surface area contributed by atoms with E-state index in [9.17, 15) is 4.79 Å². The van der Waals surface area contributed by atoms with Gasteiger partial charge in [0.1, 0.15) is 0 Å². The van der Waals surface area contributed by atoms with Gasteiger partial charge in [-0.3, -0.25) is 4.79 Å². The molecule has 0 spiro atoms. The van der Waals surface area contributed by atoms with Crippen molar-refractivity contribution in [3.8, 4) is 0 Å². The Labute approximate surface area is 125 Å². The molecular weight excluding hydrogens is 260 g/mol. The molecule has 3 nitrogen and oxygen atoms in total. The van der Waals surface area contributed by atoms with Crippen molar-refractivity contribution in [3.05, 3.63) is 65.7 Å². The van der Waals surface area contributed by atoms with Gasteiger partial charge < -0.3 is 10.6 Å². The maximum absolute atomic E-state index is 12.6. The van der Waals surface area contributed by atoms with Crippen molar-refractivity contribution in [1.82, 2.24) is 0 Å². The van der Waals surface area contributed by atoms with Gasteiger partial charge in [-0.2, -0.15) is 0 Å². The lowest BCUT2D eigenvalue weighted by atomic mass is 9.98. The van der Waals surface area contributed by atoms with Crippen molar-refractivity contribution in [2.45, 2.75) is 25.3 Å². The third-order valence-corrected chi connectivity index (χ3v) is 3.95. The fourth-order valence-electron chi connectivity index (χ4n) is 2.89. The molecule has 0 saturated carbocycles. The number of anilines is 1. The summed E-state index contributed by atoms with van der Waals surface area (Å²) in [4.78, 5) is 14.4. The first-order valence-corrected chi connectivity index (χ1v) is 7.42. The molecule has 0 fully saturated rings. The van der Waals surface area contributed by atoms with Crippen LogP contribution in [0.4, 0.5) is 5.69 Å². The molecule has 108 valence electrons. The molecule has 1 heterocycles. The zero-order valence-corrected chi connectivity index (χ0v) is 12.0. The van der Waals surface area contributed by atoms with E-state index < -0.39 is 0 Å². The van der Waals surface area contributed by atoms with E-state index in [1.165, 1.54) is 11.1 Å². The summed E-state index contributed by atoms with van der Waals surface area (Å²) in [6.45, 7) is 0.616. The van der Waals surface area contributed by atoms with E-state index in [4.69, 9.17) is 5.73 Å². The van der Waals surface area contributed by atoms with Crippen molar-refractivity contribution < 1.29 is 4.79 Å². The van der Waals surface area contributed by atoms with E-state index in [2.05, 4.69) is 18.2 Å². The summed E-state index contributed by atoms with van der Waals surface area (Å²) in [5.74, 6) is 0.154. The number of fused-ring (bicyclic) bond motifs is 1. The number of nitrogens with zero attached hydrogens (tertiary/aromatic N) is 1. The summed E-state index contributed by atoms with van der Waals surface area (Å²) in [5, 5.41) is 0. The first kappa shape index (κ1) is 13.8. The molecule has 1 aliphatic heterocycles. The second-order valence-corrected chi connectivity index (χ2v) is 5.58. The molecule has 0 radical (unpaired) electrons. The molecule has 0 bridgehead atoms. The van der Waals surface area contributed by atoms with Gasteiger partial charge >= 0.3 is 0 Å². The molecule has 1 atom stereocenters. The lowest BCUT2D eigenvalue weighted by Crippen LogP contribution is -2.46. The van der Waals surface area contributed by atoms with Gasteiger partial charge in [0, 0.05) is 24.7 Å². The first-order valence-electron chi connectivity index (χ1n) is 7.42. The van der Waals surface area contributed by atoms with Crippen LogP contribution >= 0.6 is 0 Å². The summed E-state index contributed by atoms with van der Waals surface area (Å²) in [7, 11) is 0. The van der Waals surface area contributed by atoms with Gasteiger partial charge in [-0.25, -0.2) is 0 Å². The average Bonchev–Trinajstić information content (AvgIpc) is 2.52. The Balaban J connectivity index is 1.73. The van der Waals surface area contributed by atoms with E-state index in [1.807, 2.05) is 41.3 Å². The fraction of sp³-hybridized carbons (Fsp3) is 0.278. The maximum Gasteiger partial charge on any atom is 0.227 e. The largest absolute Gasteiger partial charge is 0.326 e. The number of para-hydroxylation sites is 1. The molecule has 2 aromatic carbocycles. The van der Waals surface area contributed by atoms with Gasteiger partial charge in [-0.15, -0.1) is 0 Å². The van der Waals surface area contributed by atoms with Crippen molar-refractivity contribution in [1.29, 1.82) is 0 Å². The maximum atomic E-state index is 12.6. The number of aryl methyl sites for hydroxylation is 1. The molecule has 1 aliphatic rings. The quantitative estimate of drug-likeness (QED) is 0.939. The highest BCUT2D eigenvalue weighted by molar-refractivity contribution is 5.94. The Morgan fingerprint density at radius 2 is 1.81 bits per heavy atom. The van der Waals surface area contributed by atoms with E-state index in [1.54, 1.807) is 0 Å². The number of rotatable bonds is 3. The van der Waals surface area contributed by atoms with E-state index in [-0.39, 0.29) is 11.9 Å². The fourth-order valence-corrected chi connectivity index (χ4v) is 2.89. The number of hydrogen-bond donors (Lipinski definition) is 1. The number of hydrogen-bond acceptors (Lipinski definition) is 2. The van der Waals surface area contributed by atoms with Crippen LogP contribution in [0.15, 0.2) is 54.6 Å². The Morgan fingerprint density at radius 1 is 1.10 bits per heavy atom. The molecule has 2 N–H and O–H groups in total. The standard InChI is InChI=1S/C18H20N2O/c19-16-12-15-8-4-5-9-17(15)20(13-16)18(21)11-10-14-6-2-1-3-7-14/h1-9,16H,10-13,19H2. The van der Waals surface area contributed by atoms with Crippen molar-refractivity contribution in [2.75, 3.05) is 11.4 Å². The van der Waals surface area contributed by atoms with Crippen LogP contribution in [0.2, 0.25) is 0 Å². The molecule has 0 aliphatic carbocycles. The van der Waals surface area contributed by atoms with Crippen molar-refractivity contribution >= 4 is 11.6 Å². The second-order valence-electron chi connectivity index (χ2n) is 5.58. The van der Waals surface area contributed by atoms with Crippen LogP contribution < -0.4 is 10.6 Å². The Morgan fingerprint density at radius 3 is 2.62 bits per heavy atom. The highest BCUT2D eigenvalue weighted by atomic mass is 16.2. The first-order chi connectivity index (χ1) is 10.2. The molecule has 21 heavy (non-hydrogen) atoms. The van der Waals surface area contributed by atoms with Crippen LogP contribution in [0, 0.1) is 0 Å². The van der Waals surface area contributed by atoms with Gasteiger partial charge in [0.05, 0.1) is 0 Å². The van der Waals surface area contributed by atoms with Crippen LogP contribution in [-0.4, -0.2) is 18.5 Å². The van der Waals surface area contributed by atoms with Crippen LogP contribution in [0.25, 0.3) is 0 Å². The van der Waals surface area contributed by atoms with Crippen LogP contribution in [0.5, 0.6) is 0 Å². The van der Waals surface area contributed by atoms with Crippen LogP contribution in [0.1, 0.15) is 17.5 Å². The van der Waals surface area contributed by atoms with Gasteiger partial charge in [0.2, 0.25) is 5.91 Å². The Hall–Kier alpha value is -2.13. The summed E-state index contributed by atoms with van der Waals surface area (Å²) in [6.07, 6.45) is 2.14. The third kappa shape index (κ3) is 3.14. The number of carbonyl (C=O) groups excluding carboxylic acids is 1. The molecular formula is C18H20N2O. The van der Waals surface area contributed by atoms with E-state index >= 15 is 0 Å². The summed E-state index contributed by atoms with van der Waals surface area (Å²) < 4.78 is 0. The average molecular weight is 280 g/mol.